The lowest BCUT2D eigenvalue weighted by Gasteiger charge is -2.27. The van der Waals surface area contributed by atoms with Gasteiger partial charge in [0, 0.05) is 13.0 Å². The molecule has 0 aromatic rings. The van der Waals surface area contributed by atoms with Gasteiger partial charge in [0.1, 0.15) is 0 Å². The number of carbonyl (C=O) groups is 1. The molecule has 20 heavy (non-hydrogen) atoms. The maximum atomic E-state index is 11.3. The van der Waals surface area contributed by atoms with E-state index in [9.17, 15) is 9.90 Å². The molecule has 1 N–H and O–H groups in total. The predicted octanol–water partition coefficient (Wildman–Crippen LogP) is 4.37. The molecule has 0 bridgehead atoms. The Morgan fingerprint density at radius 1 is 0.900 bits per heavy atom. The van der Waals surface area contributed by atoms with Gasteiger partial charge in [-0.1, -0.05) is 58.8 Å². The van der Waals surface area contributed by atoms with E-state index in [1.807, 2.05) is 0 Å². The van der Waals surface area contributed by atoms with Crippen molar-refractivity contribution >= 4 is 5.97 Å². The average molecular weight is 288 g/mol. The molecule has 0 aliphatic carbocycles. The molecule has 0 radical (unpaired) electrons. The van der Waals surface area contributed by atoms with E-state index in [1.54, 1.807) is 13.8 Å². The molecule has 0 fully saturated rings. The zero-order valence-corrected chi connectivity index (χ0v) is 13.5. The van der Waals surface area contributed by atoms with Crippen LogP contribution in [0, 0.1) is 0 Å². The van der Waals surface area contributed by atoms with Gasteiger partial charge in [0.2, 0.25) is 0 Å². The number of aliphatic carboxylic acids is 1. The summed E-state index contributed by atoms with van der Waals surface area (Å²) in [5, 5.41) is 9.23. The van der Waals surface area contributed by atoms with Crippen LogP contribution in [0.15, 0.2) is 0 Å². The molecule has 0 aromatic carbocycles. The molecule has 0 aliphatic heterocycles. The molecule has 0 rings (SSSR count). The first-order valence-electron chi connectivity index (χ1n) is 8.14. The van der Waals surface area contributed by atoms with Gasteiger partial charge in [-0.3, -0.25) is 0 Å². The molecule has 0 spiro atoms. The van der Waals surface area contributed by atoms with Crippen molar-refractivity contribution in [2.75, 3.05) is 13.2 Å². The van der Waals surface area contributed by atoms with Crippen molar-refractivity contribution in [1.29, 1.82) is 0 Å². The van der Waals surface area contributed by atoms with Crippen LogP contribution in [0.4, 0.5) is 0 Å². The number of carboxylic acids is 1. The second-order valence-corrected chi connectivity index (χ2v) is 5.17. The molecule has 0 heterocycles. The smallest absolute Gasteiger partial charge is 0.364 e. The standard InChI is InChI=1S/C16H32O4/c1-4-7-8-9-10-11-12-13-14-20-16(5-2,15(17)18)19-6-3/h4-14H2,1-3H3,(H,17,18). The van der Waals surface area contributed by atoms with Crippen molar-refractivity contribution in [3.63, 3.8) is 0 Å². The highest BCUT2D eigenvalue weighted by Gasteiger charge is 2.38. The molecule has 1 unspecified atom stereocenters. The third kappa shape index (κ3) is 7.85. The van der Waals surface area contributed by atoms with Gasteiger partial charge in [0.25, 0.3) is 5.79 Å². The van der Waals surface area contributed by atoms with E-state index < -0.39 is 11.8 Å². The summed E-state index contributed by atoms with van der Waals surface area (Å²) in [7, 11) is 0. The molecule has 0 aliphatic rings. The van der Waals surface area contributed by atoms with E-state index in [0.717, 1.165) is 12.8 Å². The van der Waals surface area contributed by atoms with Crippen molar-refractivity contribution < 1.29 is 19.4 Å². The zero-order chi connectivity index (χ0) is 15.3. The Hall–Kier alpha value is -0.610. The lowest BCUT2D eigenvalue weighted by molar-refractivity contribution is -0.244. The number of rotatable bonds is 14. The number of hydrogen-bond acceptors (Lipinski definition) is 3. The number of ether oxygens (including phenoxy) is 2. The molecular formula is C16H32O4. The molecule has 1 atom stereocenters. The van der Waals surface area contributed by atoms with Gasteiger partial charge in [-0.15, -0.1) is 0 Å². The fourth-order valence-corrected chi connectivity index (χ4v) is 2.23. The van der Waals surface area contributed by atoms with Gasteiger partial charge in [-0.2, -0.15) is 0 Å². The number of hydrogen-bond donors (Lipinski definition) is 1. The Morgan fingerprint density at radius 2 is 1.45 bits per heavy atom. The van der Waals surface area contributed by atoms with Gasteiger partial charge in [-0.25, -0.2) is 4.79 Å². The first-order valence-corrected chi connectivity index (χ1v) is 8.14. The van der Waals surface area contributed by atoms with E-state index in [0.29, 0.717) is 19.6 Å². The van der Waals surface area contributed by atoms with Crippen LogP contribution in [-0.4, -0.2) is 30.1 Å². The third-order valence-electron chi connectivity index (χ3n) is 3.50. The Morgan fingerprint density at radius 3 is 1.90 bits per heavy atom. The van der Waals surface area contributed by atoms with Crippen molar-refractivity contribution in [3.05, 3.63) is 0 Å². The van der Waals surface area contributed by atoms with E-state index >= 15 is 0 Å². The van der Waals surface area contributed by atoms with Gasteiger partial charge < -0.3 is 14.6 Å². The van der Waals surface area contributed by atoms with E-state index in [1.165, 1.54) is 38.5 Å². The lowest BCUT2D eigenvalue weighted by Crippen LogP contribution is -2.44. The summed E-state index contributed by atoms with van der Waals surface area (Å²) in [4.78, 5) is 11.3. The molecule has 4 nitrogen and oxygen atoms in total. The van der Waals surface area contributed by atoms with Crippen LogP contribution < -0.4 is 0 Å². The quantitative estimate of drug-likeness (QED) is 0.381. The van der Waals surface area contributed by atoms with Crippen LogP contribution in [0.2, 0.25) is 0 Å². The molecule has 0 saturated heterocycles. The molecule has 0 amide bonds. The minimum Gasteiger partial charge on any atom is -0.477 e. The summed E-state index contributed by atoms with van der Waals surface area (Å²) in [6.45, 7) is 6.58. The zero-order valence-electron chi connectivity index (χ0n) is 13.5. The van der Waals surface area contributed by atoms with Crippen LogP contribution in [0.25, 0.3) is 0 Å². The van der Waals surface area contributed by atoms with E-state index in [2.05, 4.69) is 6.92 Å². The van der Waals surface area contributed by atoms with Crippen molar-refractivity contribution in [2.24, 2.45) is 0 Å². The topological polar surface area (TPSA) is 55.8 Å². The maximum Gasteiger partial charge on any atom is 0.364 e. The van der Waals surface area contributed by atoms with Crippen LogP contribution in [0.1, 0.15) is 78.6 Å². The van der Waals surface area contributed by atoms with Crippen LogP contribution in [0.5, 0.6) is 0 Å². The average Bonchev–Trinajstić information content (AvgIpc) is 2.44. The monoisotopic (exact) mass is 288 g/mol. The summed E-state index contributed by atoms with van der Waals surface area (Å²) in [5.41, 5.74) is 0. The number of carboxylic acid groups (broad SMARTS) is 1. The van der Waals surface area contributed by atoms with Gasteiger partial charge in [-0.05, 0) is 13.3 Å². The fourth-order valence-electron chi connectivity index (χ4n) is 2.23. The Labute approximate surface area is 123 Å². The van der Waals surface area contributed by atoms with E-state index in [-0.39, 0.29) is 0 Å². The fraction of sp³-hybridized carbons (Fsp3) is 0.938. The van der Waals surface area contributed by atoms with Crippen LogP contribution in [-0.2, 0) is 14.3 Å². The van der Waals surface area contributed by atoms with E-state index in [4.69, 9.17) is 9.47 Å². The summed E-state index contributed by atoms with van der Waals surface area (Å²) in [5.74, 6) is -2.48. The molecule has 0 saturated carbocycles. The highest BCUT2D eigenvalue weighted by atomic mass is 16.7. The summed E-state index contributed by atoms with van der Waals surface area (Å²) in [6, 6.07) is 0. The Kier molecular flexibility index (Phi) is 11.8. The molecule has 120 valence electrons. The van der Waals surface area contributed by atoms with Gasteiger partial charge >= 0.3 is 5.97 Å². The normalized spacial score (nSPS) is 14.2. The van der Waals surface area contributed by atoms with Crippen molar-refractivity contribution in [2.45, 2.75) is 84.3 Å². The second kappa shape index (κ2) is 12.2. The molecular weight excluding hydrogens is 256 g/mol. The maximum absolute atomic E-state index is 11.3. The Balaban J connectivity index is 3.71. The first-order chi connectivity index (χ1) is 9.63. The van der Waals surface area contributed by atoms with Gasteiger partial charge in [0.15, 0.2) is 0 Å². The molecule has 0 aromatic heterocycles. The van der Waals surface area contributed by atoms with Crippen molar-refractivity contribution in [1.82, 2.24) is 0 Å². The minimum absolute atomic E-state index is 0.327. The third-order valence-corrected chi connectivity index (χ3v) is 3.50. The summed E-state index contributed by atoms with van der Waals surface area (Å²) >= 11 is 0. The largest absolute Gasteiger partial charge is 0.477 e. The highest BCUT2D eigenvalue weighted by molar-refractivity contribution is 5.75. The van der Waals surface area contributed by atoms with Crippen molar-refractivity contribution in [3.8, 4) is 0 Å². The second-order valence-electron chi connectivity index (χ2n) is 5.17. The molecule has 4 heteroatoms. The minimum atomic E-state index is -1.45. The highest BCUT2D eigenvalue weighted by Crippen LogP contribution is 2.19. The SMILES string of the molecule is CCCCCCCCCCOC(CC)(OCC)C(=O)O. The van der Waals surface area contributed by atoms with Crippen LogP contribution in [0.3, 0.4) is 0 Å². The van der Waals surface area contributed by atoms with Gasteiger partial charge in [0.05, 0.1) is 6.61 Å². The Bertz CT molecular complexity index is 243. The van der Waals surface area contributed by atoms with Crippen LogP contribution >= 0.6 is 0 Å². The first kappa shape index (κ1) is 19.4. The lowest BCUT2D eigenvalue weighted by atomic mass is 10.1. The summed E-state index contributed by atoms with van der Waals surface area (Å²) < 4.78 is 10.8. The summed E-state index contributed by atoms with van der Waals surface area (Å²) in [6.07, 6.45) is 10.0. The number of unbranched alkanes of at least 4 members (excludes halogenated alkanes) is 7. The predicted molar refractivity (Wildman–Crippen MR) is 80.8 cm³/mol.